The van der Waals surface area contributed by atoms with Gasteiger partial charge in [0.1, 0.15) is 5.69 Å². The maximum absolute atomic E-state index is 5.66. The molecular weight excluding hydrogens is 627 g/mol. The second kappa shape index (κ2) is 11.5. The van der Waals surface area contributed by atoms with Crippen LogP contribution in [0.2, 0.25) is 0 Å². The summed E-state index contributed by atoms with van der Waals surface area (Å²) in [7, 11) is 0. The number of para-hydroxylation sites is 1. The fourth-order valence-electron chi connectivity index (χ4n) is 8.22. The Bertz CT molecular complexity index is 2740. The van der Waals surface area contributed by atoms with Crippen molar-refractivity contribution < 1.29 is 0 Å². The third kappa shape index (κ3) is 4.48. The molecule has 4 heteroatoms. The number of hydrogen-bond acceptors (Lipinski definition) is 3. The second-order valence-corrected chi connectivity index (χ2v) is 14.8. The SMILES string of the molecule is C=C1CC/C=C\Cc2c(sc3ccc4c(c23)CC(C)C=C4)-c2c1c1ccccc1n2-c1nc2c(ccc3ccccc32)nc1-c1ccccc1. The van der Waals surface area contributed by atoms with Crippen molar-refractivity contribution in [1.82, 2.24) is 14.5 Å². The molecule has 0 saturated carbocycles. The molecule has 0 saturated heterocycles. The molecule has 0 bridgehead atoms. The lowest BCUT2D eigenvalue weighted by Gasteiger charge is -2.19. The highest BCUT2D eigenvalue weighted by molar-refractivity contribution is 7.22. The lowest BCUT2D eigenvalue weighted by molar-refractivity contribution is 0.721. The summed E-state index contributed by atoms with van der Waals surface area (Å²) < 4.78 is 3.78. The van der Waals surface area contributed by atoms with E-state index in [1.165, 1.54) is 48.3 Å². The highest BCUT2D eigenvalue weighted by Gasteiger charge is 2.30. The number of aromatic nitrogens is 3. The van der Waals surface area contributed by atoms with Gasteiger partial charge in [-0.3, -0.25) is 4.57 Å². The maximum Gasteiger partial charge on any atom is 0.165 e. The second-order valence-electron chi connectivity index (χ2n) is 13.8. The number of thiophene rings is 1. The minimum atomic E-state index is 0.511. The van der Waals surface area contributed by atoms with Crippen LogP contribution < -0.4 is 0 Å². The molecule has 2 aliphatic rings. The monoisotopic (exact) mass is 661 g/mol. The van der Waals surface area contributed by atoms with Crippen LogP contribution in [0.1, 0.15) is 42.0 Å². The van der Waals surface area contributed by atoms with E-state index in [2.05, 4.69) is 139 Å². The topological polar surface area (TPSA) is 30.7 Å². The molecular formula is C46H35N3S. The van der Waals surface area contributed by atoms with Crippen LogP contribution >= 0.6 is 11.3 Å². The van der Waals surface area contributed by atoms with Gasteiger partial charge in [0, 0.05) is 32.0 Å². The summed E-state index contributed by atoms with van der Waals surface area (Å²) in [6.07, 6.45) is 13.2. The van der Waals surface area contributed by atoms with Gasteiger partial charge in [-0.15, -0.1) is 11.3 Å². The van der Waals surface area contributed by atoms with Crippen molar-refractivity contribution in [1.29, 1.82) is 0 Å². The van der Waals surface area contributed by atoms with Gasteiger partial charge in [-0.05, 0) is 77.4 Å². The van der Waals surface area contributed by atoms with Crippen LogP contribution in [0.3, 0.4) is 0 Å². The Morgan fingerprint density at radius 3 is 2.52 bits per heavy atom. The average Bonchev–Trinajstić information content (AvgIpc) is 3.70. The first kappa shape index (κ1) is 29.3. The summed E-state index contributed by atoms with van der Waals surface area (Å²) in [5.74, 6) is 1.36. The zero-order valence-corrected chi connectivity index (χ0v) is 28.8. The first-order valence-electron chi connectivity index (χ1n) is 17.6. The van der Waals surface area contributed by atoms with E-state index in [0.717, 1.165) is 75.7 Å². The van der Waals surface area contributed by atoms with Gasteiger partial charge in [0.25, 0.3) is 0 Å². The molecule has 3 heterocycles. The average molecular weight is 662 g/mol. The summed E-state index contributed by atoms with van der Waals surface area (Å²) >= 11 is 1.92. The van der Waals surface area contributed by atoms with Crippen LogP contribution in [0.4, 0.5) is 0 Å². The fourth-order valence-corrected chi connectivity index (χ4v) is 9.53. The Morgan fingerprint density at radius 1 is 0.800 bits per heavy atom. The van der Waals surface area contributed by atoms with Crippen molar-refractivity contribution in [2.75, 3.05) is 0 Å². The van der Waals surface area contributed by atoms with E-state index in [1.807, 2.05) is 11.3 Å². The van der Waals surface area contributed by atoms with Crippen LogP contribution in [-0.4, -0.2) is 14.5 Å². The van der Waals surface area contributed by atoms with Gasteiger partial charge in [0.05, 0.1) is 27.1 Å². The standard InChI is InChI=1S/C46H35N3S/c1-28-21-22-31-24-26-39-41(36(31)27-28)35-19-8-3-5-13-29(2)40-34-18-11-12-20-38(34)49(44(40)45(35)50-39)46-42(32-15-6-4-7-16-32)47-37-25-23-30-14-9-10-17-33(30)43(37)48-46/h3-4,6-12,14-18,20-26,28H,2,5,13,19,27H2,1H3/b8-3-. The van der Waals surface area contributed by atoms with Crippen molar-refractivity contribution in [3.8, 4) is 27.6 Å². The Labute approximate surface area is 295 Å². The van der Waals surface area contributed by atoms with E-state index < -0.39 is 0 Å². The molecule has 0 aliphatic heterocycles. The molecule has 1 unspecified atom stereocenters. The number of rotatable bonds is 2. The van der Waals surface area contributed by atoms with Crippen LogP contribution in [0.25, 0.3) is 82.1 Å². The van der Waals surface area contributed by atoms with E-state index >= 15 is 0 Å². The molecule has 8 aromatic rings. The highest BCUT2D eigenvalue weighted by Crippen LogP contribution is 2.50. The van der Waals surface area contributed by atoms with Gasteiger partial charge in [-0.25, -0.2) is 9.97 Å². The Balaban J connectivity index is 1.39. The van der Waals surface area contributed by atoms with Crippen LogP contribution in [0.5, 0.6) is 0 Å². The number of nitrogens with zero attached hydrogens (tertiary/aromatic N) is 3. The number of fused-ring (bicyclic) bond motifs is 12. The van der Waals surface area contributed by atoms with E-state index in [-0.39, 0.29) is 0 Å². The first-order valence-corrected chi connectivity index (χ1v) is 18.4. The minimum absolute atomic E-state index is 0.511. The lowest BCUT2D eigenvalue weighted by Crippen LogP contribution is -2.07. The molecule has 0 spiro atoms. The molecule has 0 radical (unpaired) electrons. The summed E-state index contributed by atoms with van der Waals surface area (Å²) in [5, 5.41) is 4.90. The van der Waals surface area contributed by atoms with Gasteiger partial charge in [0.2, 0.25) is 0 Å². The molecule has 0 amide bonds. The molecule has 240 valence electrons. The zero-order chi connectivity index (χ0) is 33.3. The lowest BCUT2D eigenvalue weighted by atomic mass is 9.86. The predicted molar refractivity (Wildman–Crippen MR) is 213 cm³/mol. The Kier molecular flexibility index (Phi) is 6.75. The largest absolute Gasteiger partial charge is 0.290 e. The molecule has 5 aromatic carbocycles. The van der Waals surface area contributed by atoms with Gasteiger partial charge < -0.3 is 0 Å². The molecule has 3 aromatic heterocycles. The van der Waals surface area contributed by atoms with E-state index in [1.54, 1.807) is 0 Å². The fraction of sp³-hybridized carbons (Fsp3) is 0.130. The molecule has 50 heavy (non-hydrogen) atoms. The van der Waals surface area contributed by atoms with Crippen LogP contribution in [0, 0.1) is 5.92 Å². The van der Waals surface area contributed by atoms with Gasteiger partial charge in [-0.2, -0.15) is 0 Å². The van der Waals surface area contributed by atoms with Crippen molar-refractivity contribution in [3.05, 3.63) is 150 Å². The minimum Gasteiger partial charge on any atom is -0.290 e. The molecule has 1 atom stereocenters. The third-order valence-electron chi connectivity index (χ3n) is 10.6. The van der Waals surface area contributed by atoms with Gasteiger partial charge in [-0.1, -0.05) is 123 Å². The molecule has 10 rings (SSSR count). The number of allylic oxidation sites excluding steroid dienone is 4. The quantitative estimate of drug-likeness (QED) is 0.136. The molecule has 3 nitrogen and oxygen atoms in total. The van der Waals surface area contributed by atoms with Crippen molar-refractivity contribution in [2.45, 2.75) is 32.6 Å². The smallest absolute Gasteiger partial charge is 0.165 e. The van der Waals surface area contributed by atoms with Crippen molar-refractivity contribution in [3.63, 3.8) is 0 Å². The van der Waals surface area contributed by atoms with Gasteiger partial charge >= 0.3 is 0 Å². The van der Waals surface area contributed by atoms with E-state index in [0.29, 0.717) is 5.92 Å². The Hall–Kier alpha value is -5.58. The number of benzene rings is 5. The summed E-state index contributed by atoms with van der Waals surface area (Å²) in [6, 6.07) is 36.8. The summed E-state index contributed by atoms with van der Waals surface area (Å²) in [4.78, 5) is 12.4. The third-order valence-corrected chi connectivity index (χ3v) is 11.8. The zero-order valence-electron chi connectivity index (χ0n) is 28.0. The van der Waals surface area contributed by atoms with Crippen molar-refractivity contribution >= 4 is 65.8 Å². The van der Waals surface area contributed by atoms with Crippen LogP contribution in [-0.2, 0) is 12.8 Å². The Morgan fingerprint density at radius 2 is 1.62 bits per heavy atom. The van der Waals surface area contributed by atoms with Crippen LogP contribution in [0.15, 0.2) is 128 Å². The van der Waals surface area contributed by atoms with Crippen molar-refractivity contribution in [2.24, 2.45) is 5.92 Å². The normalized spacial score (nSPS) is 16.5. The maximum atomic E-state index is 5.66. The van der Waals surface area contributed by atoms with E-state index in [4.69, 9.17) is 16.5 Å². The molecule has 0 N–H and O–H groups in total. The molecule has 0 fully saturated rings. The van der Waals surface area contributed by atoms with Gasteiger partial charge in [0.15, 0.2) is 5.82 Å². The number of hydrogen-bond donors (Lipinski definition) is 0. The highest BCUT2D eigenvalue weighted by atomic mass is 32.1. The molecule has 2 aliphatic carbocycles. The summed E-state index contributed by atoms with van der Waals surface area (Å²) in [5.41, 5.74) is 12.6. The predicted octanol–water partition coefficient (Wildman–Crippen LogP) is 12.4. The van der Waals surface area contributed by atoms with E-state index in [9.17, 15) is 0 Å². The summed E-state index contributed by atoms with van der Waals surface area (Å²) in [6.45, 7) is 7.11. The first-order chi connectivity index (χ1) is 24.6.